The second-order valence-corrected chi connectivity index (χ2v) is 9.28. The highest BCUT2D eigenvalue weighted by atomic mass is 32.2. The van der Waals surface area contributed by atoms with Crippen LogP contribution in [0.3, 0.4) is 0 Å². The molecule has 142 valence electrons. The highest BCUT2D eigenvalue weighted by Gasteiger charge is 2.43. The Kier molecular flexibility index (Phi) is 5.03. The van der Waals surface area contributed by atoms with E-state index in [1.807, 2.05) is 0 Å². The van der Waals surface area contributed by atoms with E-state index in [-0.39, 0.29) is 18.0 Å². The summed E-state index contributed by atoms with van der Waals surface area (Å²) in [4.78, 5) is 14.6. The maximum absolute atomic E-state index is 13.2. The molecule has 0 atom stereocenters. The van der Waals surface area contributed by atoms with Crippen molar-refractivity contribution in [2.45, 2.75) is 55.5 Å². The Labute approximate surface area is 155 Å². The van der Waals surface area contributed by atoms with Crippen LogP contribution in [0.25, 0.3) is 0 Å². The van der Waals surface area contributed by atoms with Crippen LogP contribution in [-0.2, 0) is 14.8 Å². The Morgan fingerprint density at radius 2 is 1.54 bits per heavy atom. The van der Waals surface area contributed by atoms with Crippen molar-refractivity contribution in [3.05, 3.63) is 29.8 Å². The van der Waals surface area contributed by atoms with Gasteiger partial charge in [-0.2, -0.15) is 4.31 Å². The number of carbonyl (C=O) groups is 1. The third-order valence-electron chi connectivity index (χ3n) is 5.57. The number of hydrogen-bond acceptors (Lipinski definition) is 4. The predicted molar refractivity (Wildman–Crippen MR) is 97.5 cm³/mol. The lowest BCUT2D eigenvalue weighted by molar-refractivity contribution is 0.0303. The van der Waals surface area contributed by atoms with E-state index in [2.05, 4.69) is 0 Å². The van der Waals surface area contributed by atoms with Gasteiger partial charge in [-0.3, -0.25) is 4.79 Å². The number of benzene rings is 1. The first kappa shape index (κ1) is 17.9. The molecule has 4 rings (SSSR count). The highest BCUT2D eigenvalue weighted by Crippen LogP contribution is 2.38. The first-order valence-electron chi connectivity index (χ1n) is 9.58. The molecule has 26 heavy (non-hydrogen) atoms. The zero-order valence-electron chi connectivity index (χ0n) is 15.0. The van der Waals surface area contributed by atoms with Crippen LogP contribution in [0.5, 0.6) is 0 Å². The van der Waals surface area contributed by atoms with Crippen LogP contribution in [0.15, 0.2) is 29.2 Å². The van der Waals surface area contributed by atoms with E-state index in [9.17, 15) is 13.2 Å². The van der Waals surface area contributed by atoms with E-state index in [4.69, 9.17) is 4.74 Å². The third kappa shape index (κ3) is 3.52. The van der Waals surface area contributed by atoms with E-state index in [1.54, 1.807) is 33.5 Å². The normalized spacial score (nSPS) is 22.1. The summed E-state index contributed by atoms with van der Waals surface area (Å²) in [6, 6.07) is 6.77. The maximum atomic E-state index is 13.2. The van der Waals surface area contributed by atoms with Gasteiger partial charge in [0.25, 0.3) is 5.91 Å². The fourth-order valence-electron chi connectivity index (χ4n) is 4.02. The molecule has 2 aliphatic carbocycles. The molecule has 0 aromatic heterocycles. The van der Waals surface area contributed by atoms with Crippen LogP contribution < -0.4 is 0 Å². The topological polar surface area (TPSA) is 66.9 Å². The number of carbonyl (C=O) groups excluding carboxylic acids is 1. The maximum Gasteiger partial charge on any atom is 0.254 e. The molecule has 7 heteroatoms. The van der Waals surface area contributed by atoms with Gasteiger partial charge in [-0.05, 0) is 49.9 Å². The summed E-state index contributed by atoms with van der Waals surface area (Å²) in [6.45, 7) is 2.26. The molecular formula is C19H26N2O4S. The molecule has 0 radical (unpaired) electrons. The fourth-order valence-corrected chi connectivity index (χ4v) is 5.95. The number of hydrogen-bond donors (Lipinski definition) is 0. The minimum absolute atomic E-state index is 0.0629. The number of sulfonamides is 1. The Balaban J connectivity index is 1.54. The average Bonchev–Trinajstić information content (AvgIpc) is 3.35. The zero-order chi connectivity index (χ0) is 18.1. The van der Waals surface area contributed by atoms with Gasteiger partial charge < -0.3 is 9.64 Å². The summed E-state index contributed by atoms with van der Waals surface area (Å²) >= 11 is 0. The standard InChI is InChI=1S/C19H26N2O4S/c22-19(20-11-13-25-14-12-20)15-5-9-18(10-6-15)26(23,24)21(17-7-8-17)16-3-1-2-4-16/h5-6,9-10,16-17H,1-4,7-8,11-14H2. The number of rotatable bonds is 5. The van der Waals surface area contributed by atoms with E-state index >= 15 is 0 Å². The van der Waals surface area contributed by atoms with Crippen LogP contribution in [0, 0.1) is 0 Å². The number of ether oxygens (including phenoxy) is 1. The van der Waals surface area contributed by atoms with Crippen molar-refractivity contribution in [3.63, 3.8) is 0 Å². The summed E-state index contributed by atoms with van der Waals surface area (Å²) < 4.78 is 33.4. The van der Waals surface area contributed by atoms with Crippen molar-refractivity contribution >= 4 is 15.9 Å². The lowest BCUT2D eigenvalue weighted by Gasteiger charge is -2.28. The first-order valence-corrected chi connectivity index (χ1v) is 11.0. The van der Waals surface area contributed by atoms with Gasteiger partial charge in [-0.25, -0.2) is 8.42 Å². The second kappa shape index (κ2) is 7.29. The first-order chi connectivity index (χ1) is 12.6. The quantitative estimate of drug-likeness (QED) is 0.788. The van der Waals surface area contributed by atoms with Crippen molar-refractivity contribution in [2.24, 2.45) is 0 Å². The van der Waals surface area contributed by atoms with Crippen molar-refractivity contribution < 1.29 is 17.9 Å². The predicted octanol–water partition coefficient (Wildman–Crippen LogP) is 2.25. The molecule has 1 heterocycles. The molecule has 1 amide bonds. The molecule has 1 aromatic carbocycles. The molecule has 6 nitrogen and oxygen atoms in total. The second-order valence-electron chi connectivity index (χ2n) is 7.43. The van der Waals surface area contributed by atoms with E-state index in [0.29, 0.717) is 36.8 Å². The Hall–Kier alpha value is -1.44. The van der Waals surface area contributed by atoms with Crippen LogP contribution in [0.4, 0.5) is 0 Å². The molecule has 3 aliphatic rings. The molecule has 0 bridgehead atoms. The van der Waals surface area contributed by atoms with Crippen LogP contribution in [0.1, 0.15) is 48.9 Å². The van der Waals surface area contributed by atoms with Gasteiger partial charge in [0.1, 0.15) is 0 Å². The molecule has 1 saturated heterocycles. The van der Waals surface area contributed by atoms with Gasteiger partial charge >= 0.3 is 0 Å². The summed E-state index contributed by atoms with van der Waals surface area (Å²) in [7, 11) is -3.50. The van der Waals surface area contributed by atoms with Crippen LogP contribution >= 0.6 is 0 Å². The Bertz CT molecular complexity index is 746. The van der Waals surface area contributed by atoms with Crippen LogP contribution in [0.2, 0.25) is 0 Å². The van der Waals surface area contributed by atoms with Gasteiger partial charge in [-0.1, -0.05) is 12.8 Å². The molecule has 0 N–H and O–H groups in total. The summed E-state index contributed by atoms with van der Waals surface area (Å²) in [5.74, 6) is -0.0629. The van der Waals surface area contributed by atoms with Crippen molar-refractivity contribution in [1.29, 1.82) is 0 Å². The van der Waals surface area contributed by atoms with Gasteiger partial charge in [-0.15, -0.1) is 0 Å². The van der Waals surface area contributed by atoms with Crippen molar-refractivity contribution in [3.8, 4) is 0 Å². The minimum atomic E-state index is -3.50. The van der Waals surface area contributed by atoms with E-state index < -0.39 is 10.0 Å². The van der Waals surface area contributed by atoms with E-state index in [1.165, 1.54) is 0 Å². The SMILES string of the molecule is O=C(c1ccc(S(=O)(=O)N(C2CCCC2)C2CC2)cc1)N1CCOCC1. The van der Waals surface area contributed by atoms with Gasteiger partial charge in [0, 0.05) is 30.7 Å². The Morgan fingerprint density at radius 1 is 0.962 bits per heavy atom. The van der Waals surface area contributed by atoms with Gasteiger partial charge in [0.15, 0.2) is 0 Å². The Morgan fingerprint density at radius 3 is 2.12 bits per heavy atom. The molecule has 1 aliphatic heterocycles. The number of nitrogens with zero attached hydrogens (tertiary/aromatic N) is 2. The lowest BCUT2D eigenvalue weighted by atomic mass is 10.2. The van der Waals surface area contributed by atoms with Crippen LogP contribution in [-0.4, -0.2) is 61.9 Å². The number of amides is 1. The molecule has 0 unspecified atom stereocenters. The monoisotopic (exact) mass is 378 g/mol. The zero-order valence-corrected chi connectivity index (χ0v) is 15.8. The molecule has 3 fully saturated rings. The lowest BCUT2D eigenvalue weighted by Crippen LogP contribution is -2.41. The molecule has 2 saturated carbocycles. The highest BCUT2D eigenvalue weighted by molar-refractivity contribution is 7.89. The summed E-state index contributed by atoms with van der Waals surface area (Å²) in [5, 5.41) is 0. The van der Waals surface area contributed by atoms with E-state index in [0.717, 1.165) is 38.5 Å². The summed E-state index contributed by atoms with van der Waals surface area (Å²) in [6.07, 6.45) is 6.06. The summed E-state index contributed by atoms with van der Waals surface area (Å²) in [5.41, 5.74) is 0.532. The fraction of sp³-hybridized carbons (Fsp3) is 0.632. The molecule has 0 spiro atoms. The van der Waals surface area contributed by atoms with Gasteiger partial charge in [0.2, 0.25) is 10.0 Å². The third-order valence-corrected chi connectivity index (χ3v) is 7.59. The molecule has 1 aromatic rings. The number of morpholine rings is 1. The average molecular weight is 378 g/mol. The minimum Gasteiger partial charge on any atom is -0.378 e. The largest absolute Gasteiger partial charge is 0.378 e. The van der Waals surface area contributed by atoms with Crippen molar-refractivity contribution in [2.75, 3.05) is 26.3 Å². The smallest absolute Gasteiger partial charge is 0.254 e. The van der Waals surface area contributed by atoms with Crippen molar-refractivity contribution in [1.82, 2.24) is 9.21 Å². The molecular weight excluding hydrogens is 352 g/mol. The van der Waals surface area contributed by atoms with Gasteiger partial charge in [0.05, 0.1) is 18.1 Å².